The minimum absolute atomic E-state index is 0.00295. The fourth-order valence-corrected chi connectivity index (χ4v) is 4.89. The monoisotopic (exact) mass is 448 g/mol. The number of rotatable bonds is 6. The molecule has 2 heterocycles. The Kier molecular flexibility index (Phi) is 7.13. The van der Waals surface area contributed by atoms with Crippen LogP contribution in [0, 0.1) is 0 Å². The second-order valence-corrected chi connectivity index (χ2v) is 10.3. The van der Waals surface area contributed by atoms with Crippen LogP contribution in [-0.2, 0) is 15.0 Å². The molecule has 2 unspecified atom stereocenters. The van der Waals surface area contributed by atoms with Crippen molar-refractivity contribution in [3.63, 3.8) is 0 Å². The van der Waals surface area contributed by atoms with Gasteiger partial charge in [0.25, 0.3) is 0 Å². The molecule has 2 atom stereocenters. The summed E-state index contributed by atoms with van der Waals surface area (Å²) in [5.41, 5.74) is 2.64. The molecule has 2 N–H and O–H groups in total. The van der Waals surface area contributed by atoms with Crippen LogP contribution < -0.4 is 15.5 Å². The molecule has 1 saturated heterocycles. The fraction of sp³-hybridized carbons (Fsp3) is 0.519. The number of hydrogen-bond acceptors (Lipinski definition) is 4. The van der Waals surface area contributed by atoms with Gasteiger partial charge in [0, 0.05) is 29.7 Å². The van der Waals surface area contributed by atoms with Gasteiger partial charge in [-0.25, -0.2) is 0 Å². The van der Waals surface area contributed by atoms with E-state index in [9.17, 15) is 9.59 Å². The summed E-state index contributed by atoms with van der Waals surface area (Å²) in [6, 6.07) is 10.9. The highest BCUT2D eigenvalue weighted by Crippen LogP contribution is 2.32. The SMILES string of the molecule is CC(C)(C)c1ccc(N(C(=O)C2CCCN2)C(C(=O)NC2CCCC2)c2cccnc2)cc1. The Labute approximate surface area is 197 Å². The number of hydrogen-bond donors (Lipinski definition) is 2. The van der Waals surface area contributed by atoms with E-state index in [4.69, 9.17) is 0 Å². The zero-order valence-corrected chi connectivity index (χ0v) is 20.0. The lowest BCUT2D eigenvalue weighted by atomic mass is 9.87. The van der Waals surface area contributed by atoms with E-state index in [2.05, 4.69) is 48.5 Å². The Bertz CT molecular complexity index is 940. The number of carbonyl (C=O) groups is 2. The van der Waals surface area contributed by atoms with Crippen LogP contribution in [0.3, 0.4) is 0 Å². The highest BCUT2D eigenvalue weighted by Gasteiger charge is 2.38. The summed E-state index contributed by atoms with van der Waals surface area (Å²) in [5, 5.41) is 6.55. The van der Waals surface area contributed by atoms with Crippen LogP contribution in [0.1, 0.15) is 76.5 Å². The average Bonchev–Trinajstić information content (AvgIpc) is 3.51. The standard InChI is InChI=1S/C27H36N4O2/c1-27(2,3)20-12-14-22(15-13-20)31(26(33)23-11-7-17-29-23)24(19-8-6-16-28-18-19)25(32)30-21-9-4-5-10-21/h6,8,12-16,18,21,23-24,29H,4-5,7,9-11,17H2,1-3H3,(H,30,32). The van der Waals surface area contributed by atoms with Crippen molar-refractivity contribution in [2.45, 2.75) is 82.8 Å². The average molecular weight is 449 g/mol. The fourth-order valence-electron chi connectivity index (χ4n) is 4.89. The van der Waals surface area contributed by atoms with Crippen molar-refractivity contribution in [2.24, 2.45) is 0 Å². The molecule has 1 aliphatic carbocycles. The minimum Gasteiger partial charge on any atom is -0.351 e. The van der Waals surface area contributed by atoms with Crippen molar-refractivity contribution in [3.05, 3.63) is 59.9 Å². The van der Waals surface area contributed by atoms with E-state index in [0.717, 1.165) is 56.3 Å². The smallest absolute Gasteiger partial charge is 0.248 e. The van der Waals surface area contributed by atoms with Gasteiger partial charge in [0.15, 0.2) is 0 Å². The molecule has 0 radical (unpaired) electrons. The lowest BCUT2D eigenvalue weighted by molar-refractivity contribution is -0.127. The van der Waals surface area contributed by atoms with Crippen molar-refractivity contribution < 1.29 is 9.59 Å². The van der Waals surface area contributed by atoms with Crippen molar-refractivity contribution >= 4 is 17.5 Å². The minimum atomic E-state index is -0.769. The molecule has 6 nitrogen and oxygen atoms in total. The molecular weight excluding hydrogens is 412 g/mol. The second-order valence-electron chi connectivity index (χ2n) is 10.3. The normalized spacial score (nSPS) is 19.9. The van der Waals surface area contributed by atoms with Crippen LogP contribution in [0.4, 0.5) is 5.69 Å². The van der Waals surface area contributed by atoms with E-state index < -0.39 is 6.04 Å². The van der Waals surface area contributed by atoms with Gasteiger partial charge in [-0.2, -0.15) is 0 Å². The summed E-state index contributed by atoms with van der Waals surface area (Å²) < 4.78 is 0. The summed E-state index contributed by atoms with van der Waals surface area (Å²) >= 11 is 0. The summed E-state index contributed by atoms with van der Waals surface area (Å²) in [5.74, 6) is -0.201. The maximum atomic E-state index is 13.8. The predicted molar refractivity (Wildman–Crippen MR) is 131 cm³/mol. The highest BCUT2D eigenvalue weighted by molar-refractivity contribution is 6.03. The van der Waals surface area contributed by atoms with Crippen LogP contribution >= 0.6 is 0 Å². The number of anilines is 1. The first-order chi connectivity index (χ1) is 15.8. The van der Waals surface area contributed by atoms with Crippen LogP contribution in [0.25, 0.3) is 0 Å². The van der Waals surface area contributed by atoms with Crippen LogP contribution in [0.2, 0.25) is 0 Å². The van der Waals surface area contributed by atoms with Gasteiger partial charge >= 0.3 is 0 Å². The first-order valence-corrected chi connectivity index (χ1v) is 12.2. The summed E-state index contributed by atoms with van der Waals surface area (Å²) in [7, 11) is 0. The van der Waals surface area contributed by atoms with Crippen molar-refractivity contribution in [1.82, 2.24) is 15.6 Å². The molecule has 0 bridgehead atoms. The Morgan fingerprint density at radius 3 is 2.36 bits per heavy atom. The van der Waals surface area contributed by atoms with Crippen LogP contribution in [0.15, 0.2) is 48.8 Å². The molecule has 2 aromatic rings. The van der Waals surface area contributed by atoms with Gasteiger partial charge in [0.05, 0.1) is 6.04 Å². The third-order valence-corrected chi connectivity index (χ3v) is 6.82. The van der Waals surface area contributed by atoms with Crippen molar-refractivity contribution in [2.75, 3.05) is 11.4 Å². The maximum Gasteiger partial charge on any atom is 0.248 e. The topological polar surface area (TPSA) is 74.3 Å². The predicted octanol–water partition coefficient (Wildman–Crippen LogP) is 4.26. The molecule has 1 aromatic heterocycles. The van der Waals surface area contributed by atoms with Gasteiger partial charge in [0.2, 0.25) is 11.8 Å². The lowest BCUT2D eigenvalue weighted by Crippen LogP contribution is -2.51. The lowest BCUT2D eigenvalue weighted by Gasteiger charge is -2.34. The molecule has 1 aliphatic heterocycles. The number of amides is 2. The molecule has 33 heavy (non-hydrogen) atoms. The van der Waals surface area contributed by atoms with Gasteiger partial charge in [-0.3, -0.25) is 19.5 Å². The van der Waals surface area contributed by atoms with Gasteiger partial charge in [-0.05, 0) is 61.4 Å². The van der Waals surface area contributed by atoms with E-state index in [0.29, 0.717) is 0 Å². The Hall–Kier alpha value is -2.73. The molecular formula is C27H36N4O2. The maximum absolute atomic E-state index is 13.8. The molecule has 1 saturated carbocycles. The van der Waals surface area contributed by atoms with Gasteiger partial charge < -0.3 is 10.6 Å². The quantitative estimate of drug-likeness (QED) is 0.692. The van der Waals surface area contributed by atoms with E-state index in [1.54, 1.807) is 17.3 Å². The second kappa shape index (κ2) is 10.0. The number of benzene rings is 1. The van der Waals surface area contributed by atoms with Gasteiger partial charge in [-0.1, -0.05) is 51.8 Å². The summed E-state index contributed by atoms with van der Waals surface area (Å²) in [6.07, 6.45) is 9.37. The van der Waals surface area contributed by atoms with E-state index in [1.807, 2.05) is 24.3 Å². The zero-order chi connectivity index (χ0) is 23.4. The molecule has 1 aromatic carbocycles. The Morgan fingerprint density at radius 2 is 1.79 bits per heavy atom. The molecule has 0 spiro atoms. The summed E-state index contributed by atoms with van der Waals surface area (Å²) in [4.78, 5) is 33.5. The van der Waals surface area contributed by atoms with Crippen LogP contribution in [-0.4, -0.2) is 35.4 Å². The number of aromatic nitrogens is 1. The molecule has 2 fully saturated rings. The van der Waals surface area contributed by atoms with Crippen LogP contribution in [0.5, 0.6) is 0 Å². The number of nitrogens with zero attached hydrogens (tertiary/aromatic N) is 2. The zero-order valence-electron chi connectivity index (χ0n) is 20.0. The Morgan fingerprint density at radius 1 is 1.06 bits per heavy atom. The first-order valence-electron chi connectivity index (χ1n) is 12.2. The Balaban J connectivity index is 1.75. The number of carbonyl (C=O) groups excluding carboxylic acids is 2. The third kappa shape index (κ3) is 5.44. The highest BCUT2D eigenvalue weighted by atomic mass is 16.2. The number of nitrogens with one attached hydrogen (secondary N) is 2. The summed E-state index contributed by atoms with van der Waals surface area (Å²) in [6.45, 7) is 7.32. The molecule has 4 rings (SSSR count). The molecule has 2 aliphatic rings. The van der Waals surface area contributed by atoms with E-state index in [-0.39, 0.29) is 29.3 Å². The van der Waals surface area contributed by atoms with E-state index in [1.165, 1.54) is 5.56 Å². The largest absolute Gasteiger partial charge is 0.351 e. The van der Waals surface area contributed by atoms with Crippen molar-refractivity contribution in [1.29, 1.82) is 0 Å². The van der Waals surface area contributed by atoms with E-state index >= 15 is 0 Å². The first kappa shape index (κ1) is 23.4. The van der Waals surface area contributed by atoms with Crippen molar-refractivity contribution in [3.8, 4) is 0 Å². The van der Waals surface area contributed by atoms with Gasteiger partial charge in [-0.15, -0.1) is 0 Å². The number of pyridine rings is 1. The third-order valence-electron chi connectivity index (χ3n) is 6.82. The molecule has 176 valence electrons. The van der Waals surface area contributed by atoms with Gasteiger partial charge in [0.1, 0.15) is 6.04 Å². The molecule has 2 amide bonds. The molecule has 6 heteroatoms.